The van der Waals surface area contributed by atoms with E-state index in [1.54, 1.807) is 24.3 Å². The molecule has 0 amide bonds. The monoisotopic (exact) mass is 313 g/mol. The van der Waals surface area contributed by atoms with Crippen molar-refractivity contribution in [2.45, 2.75) is 32.2 Å². The van der Waals surface area contributed by atoms with Crippen LogP contribution in [-0.4, -0.2) is 29.3 Å². The third kappa shape index (κ3) is 5.51. The van der Waals surface area contributed by atoms with Crippen molar-refractivity contribution >= 4 is 23.4 Å². The fraction of sp³-hybridized carbons (Fsp3) is 0.429. The molecule has 7 heteroatoms. The summed E-state index contributed by atoms with van der Waals surface area (Å²) in [7, 11) is 0. The number of Topliss-reactive ketones (excluding diaryl/α,β-unsaturated/α-hetero) is 1. The van der Waals surface area contributed by atoms with Crippen LogP contribution >= 0.6 is 11.6 Å². The molecule has 2 atom stereocenters. The third-order valence-electron chi connectivity index (χ3n) is 3.00. The van der Waals surface area contributed by atoms with E-state index in [-0.39, 0.29) is 18.8 Å². The van der Waals surface area contributed by atoms with Crippen molar-refractivity contribution in [3.8, 4) is 0 Å². The Morgan fingerprint density at radius 1 is 1.29 bits per heavy atom. The van der Waals surface area contributed by atoms with E-state index < -0.39 is 22.9 Å². The first kappa shape index (κ1) is 17.1. The summed E-state index contributed by atoms with van der Waals surface area (Å²) in [4.78, 5) is 33.0. The molecule has 0 unspecified atom stereocenters. The predicted octanol–water partition coefficient (Wildman–Crippen LogP) is 2.61. The van der Waals surface area contributed by atoms with Gasteiger partial charge in [-0.05, 0) is 24.6 Å². The average molecular weight is 314 g/mol. The molecule has 0 aliphatic heterocycles. The van der Waals surface area contributed by atoms with E-state index in [0.717, 1.165) is 0 Å². The number of esters is 1. The van der Waals surface area contributed by atoms with E-state index in [0.29, 0.717) is 10.6 Å². The van der Waals surface area contributed by atoms with E-state index >= 15 is 0 Å². The van der Waals surface area contributed by atoms with Crippen LogP contribution in [0.25, 0.3) is 0 Å². The minimum Gasteiger partial charge on any atom is -0.459 e. The molecule has 6 nitrogen and oxygen atoms in total. The molecule has 0 saturated carbocycles. The largest absolute Gasteiger partial charge is 0.459 e. The minimum atomic E-state index is -1.18. The van der Waals surface area contributed by atoms with Gasteiger partial charge in [0.1, 0.15) is 5.78 Å². The second-order valence-electron chi connectivity index (χ2n) is 4.72. The van der Waals surface area contributed by atoms with Gasteiger partial charge in [0.25, 0.3) is 6.04 Å². The van der Waals surface area contributed by atoms with Crippen LogP contribution < -0.4 is 0 Å². The molecule has 114 valence electrons. The van der Waals surface area contributed by atoms with Crippen molar-refractivity contribution in [1.82, 2.24) is 0 Å². The van der Waals surface area contributed by atoms with Crippen molar-refractivity contribution < 1.29 is 19.2 Å². The first-order valence-corrected chi connectivity index (χ1v) is 6.70. The Labute approximate surface area is 127 Å². The van der Waals surface area contributed by atoms with Crippen LogP contribution in [0, 0.1) is 10.1 Å². The number of halogens is 1. The van der Waals surface area contributed by atoms with Gasteiger partial charge in [0.2, 0.25) is 0 Å². The van der Waals surface area contributed by atoms with Crippen LogP contribution in [0.2, 0.25) is 5.02 Å². The second-order valence-corrected chi connectivity index (χ2v) is 5.16. The summed E-state index contributed by atoms with van der Waals surface area (Å²) < 4.78 is 4.76. The zero-order valence-electron chi connectivity index (χ0n) is 11.7. The molecule has 1 aromatic carbocycles. The Balaban J connectivity index is 3.07. The summed E-state index contributed by atoms with van der Waals surface area (Å²) >= 11 is 5.80. The van der Waals surface area contributed by atoms with Crippen LogP contribution in [0.4, 0.5) is 0 Å². The first-order valence-electron chi connectivity index (χ1n) is 6.33. The molecule has 1 rings (SSSR count). The van der Waals surface area contributed by atoms with E-state index in [1.807, 2.05) is 0 Å². The highest BCUT2D eigenvalue weighted by Gasteiger charge is 2.34. The highest BCUT2D eigenvalue weighted by Crippen LogP contribution is 2.27. The van der Waals surface area contributed by atoms with Gasteiger partial charge in [0, 0.05) is 23.3 Å². The van der Waals surface area contributed by atoms with Crippen molar-refractivity contribution in [2.75, 3.05) is 6.61 Å². The molecule has 0 spiro atoms. The highest BCUT2D eigenvalue weighted by molar-refractivity contribution is 6.30. The van der Waals surface area contributed by atoms with E-state index in [4.69, 9.17) is 16.3 Å². The number of benzene rings is 1. The number of rotatable bonds is 7. The lowest BCUT2D eigenvalue weighted by molar-refractivity contribution is -0.529. The van der Waals surface area contributed by atoms with Crippen molar-refractivity contribution in [2.24, 2.45) is 0 Å². The lowest BCUT2D eigenvalue weighted by Gasteiger charge is -2.20. The maximum atomic E-state index is 11.4. The number of hydrogen-bond donors (Lipinski definition) is 0. The van der Waals surface area contributed by atoms with Crippen molar-refractivity contribution in [1.29, 1.82) is 0 Å². The number of nitrogens with zero attached hydrogens (tertiary/aromatic N) is 1. The number of hydrogen-bond acceptors (Lipinski definition) is 5. The lowest BCUT2D eigenvalue weighted by atomic mass is 9.88. The number of carbonyl (C=O) groups excluding carboxylic acids is 2. The highest BCUT2D eigenvalue weighted by atomic mass is 35.5. The standard InChI is InChI=1S/C14H16ClNO5/c1-9(17)7-13(11-3-5-12(15)6-4-11)14(16(19)20)8-21-10(2)18/h3-6,13-14H,7-8H2,1-2H3/t13-,14+/m0/s1. The second kappa shape index (κ2) is 7.73. The van der Waals surface area contributed by atoms with Gasteiger partial charge in [-0.3, -0.25) is 14.9 Å². The molecule has 0 bridgehead atoms. The van der Waals surface area contributed by atoms with Gasteiger partial charge in [0.05, 0.1) is 5.92 Å². The summed E-state index contributed by atoms with van der Waals surface area (Å²) in [5.41, 5.74) is 0.614. The summed E-state index contributed by atoms with van der Waals surface area (Å²) in [6, 6.07) is 5.30. The number of ether oxygens (including phenoxy) is 1. The van der Waals surface area contributed by atoms with Gasteiger partial charge in [-0.25, -0.2) is 0 Å². The van der Waals surface area contributed by atoms with Gasteiger partial charge in [-0.2, -0.15) is 0 Å². The quantitative estimate of drug-likeness (QED) is 0.439. The number of nitro groups is 1. The molecule has 0 heterocycles. The molecule has 0 fully saturated rings. The van der Waals surface area contributed by atoms with Crippen molar-refractivity contribution in [3.63, 3.8) is 0 Å². The van der Waals surface area contributed by atoms with Crippen LogP contribution in [0.5, 0.6) is 0 Å². The molecule has 0 aliphatic carbocycles. The summed E-state index contributed by atoms with van der Waals surface area (Å²) in [6.45, 7) is 2.17. The molecule has 0 saturated heterocycles. The molecular formula is C14H16ClNO5. The minimum absolute atomic E-state index is 0.00541. The van der Waals surface area contributed by atoms with Crippen LogP contribution in [0.1, 0.15) is 31.7 Å². The van der Waals surface area contributed by atoms with Crippen LogP contribution in [0.3, 0.4) is 0 Å². The van der Waals surface area contributed by atoms with E-state index in [1.165, 1.54) is 13.8 Å². The Kier molecular flexibility index (Phi) is 6.30. The van der Waals surface area contributed by atoms with Crippen LogP contribution in [0.15, 0.2) is 24.3 Å². The molecule has 0 aromatic heterocycles. The fourth-order valence-electron chi connectivity index (χ4n) is 2.02. The Morgan fingerprint density at radius 2 is 1.86 bits per heavy atom. The van der Waals surface area contributed by atoms with Crippen LogP contribution in [-0.2, 0) is 14.3 Å². The molecular weight excluding hydrogens is 298 g/mol. The predicted molar refractivity (Wildman–Crippen MR) is 76.9 cm³/mol. The normalized spacial score (nSPS) is 13.3. The number of carbonyl (C=O) groups is 2. The molecule has 0 N–H and O–H groups in total. The van der Waals surface area contributed by atoms with Gasteiger partial charge in [-0.15, -0.1) is 0 Å². The van der Waals surface area contributed by atoms with Gasteiger partial charge in [0.15, 0.2) is 6.61 Å². The molecule has 1 aromatic rings. The average Bonchev–Trinajstić information content (AvgIpc) is 2.37. The summed E-state index contributed by atoms with van der Waals surface area (Å²) in [5.74, 6) is -1.45. The first-order chi connectivity index (χ1) is 9.81. The Hall–Kier alpha value is -1.95. The van der Waals surface area contributed by atoms with E-state index in [9.17, 15) is 19.7 Å². The smallest absolute Gasteiger partial charge is 0.302 e. The maximum Gasteiger partial charge on any atom is 0.302 e. The SMILES string of the molecule is CC(=O)C[C@@H](c1ccc(Cl)cc1)[C@@H](COC(C)=O)[N+](=O)[O-]. The number of ketones is 1. The Morgan fingerprint density at radius 3 is 2.29 bits per heavy atom. The Bertz CT molecular complexity index is 529. The maximum absolute atomic E-state index is 11.4. The van der Waals surface area contributed by atoms with E-state index in [2.05, 4.69) is 0 Å². The van der Waals surface area contributed by atoms with Crippen molar-refractivity contribution in [3.05, 3.63) is 45.0 Å². The topological polar surface area (TPSA) is 86.5 Å². The fourth-order valence-corrected chi connectivity index (χ4v) is 2.15. The van der Waals surface area contributed by atoms with Gasteiger partial charge >= 0.3 is 5.97 Å². The molecule has 21 heavy (non-hydrogen) atoms. The summed E-state index contributed by atoms with van der Waals surface area (Å²) in [5, 5.41) is 11.8. The van der Waals surface area contributed by atoms with Gasteiger partial charge in [-0.1, -0.05) is 23.7 Å². The third-order valence-corrected chi connectivity index (χ3v) is 3.25. The van der Waals surface area contributed by atoms with Gasteiger partial charge < -0.3 is 9.53 Å². The zero-order chi connectivity index (χ0) is 16.0. The zero-order valence-corrected chi connectivity index (χ0v) is 12.5. The summed E-state index contributed by atoms with van der Waals surface area (Å²) in [6.07, 6.45) is -0.00541. The molecule has 0 aliphatic rings. The molecule has 0 radical (unpaired) electrons. The lowest BCUT2D eigenvalue weighted by Crippen LogP contribution is -2.34.